The third-order valence-electron chi connectivity index (χ3n) is 3.31. The van der Waals surface area contributed by atoms with Crippen molar-refractivity contribution in [1.82, 2.24) is 0 Å². The van der Waals surface area contributed by atoms with Crippen LogP contribution in [-0.2, 0) is 6.42 Å². The first-order chi connectivity index (χ1) is 11.0. The van der Waals surface area contributed by atoms with Crippen molar-refractivity contribution < 1.29 is 22.6 Å². The molecule has 0 radical (unpaired) electrons. The van der Waals surface area contributed by atoms with E-state index in [0.717, 1.165) is 11.1 Å². The van der Waals surface area contributed by atoms with Crippen LogP contribution in [-0.4, -0.2) is 19.4 Å². The highest BCUT2D eigenvalue weighted by Gasteiger charge is 2.17. The zero-order valence-corrected chi connectivity index (χ0v) is 13.1. The molecule has 0 heterocycles. The lowest BCUT2D eigenvalue weighted by Crippen LogP contribution is -2.16. The predicted octanol–water partition coefficient (Wildman–Crippen LogP) is 4.63. The van der Waals surface area contributed by atoms with E-state index in [9.17, 15) is 13.2 Å². The van der Waals surface area contributed by atoms with Gasteiger partial charge in [-0.25, -0.2) is 4.39 Å². The Hall–Kier alpha value is -2.17. The van der Waals surface area contributed by atoms with E-state index in [1.165, 1.54) is 12.1 Å². The van der Waals surface area contributed by atoms with Gasteiger partial charge in [-0.1, -0.05) is 29.8 Å². The Morgan fingerprint density at radius 1 is 0.913 bits per heavy atom. The van der Waals surface area contributed by atoms with Crippen molar-refractivity contribution in [3.63, 3.8) is 0 Å². The Kier molecular flexibility index (Phi) is 5.90. The van der Waals surface area contributed by atoms with Crippen molar-refractivity contribution >= 4 is 0 Å². The second kappa shape index (κ2) is 7.90. The summed E-state index contributed by atoms with van der Waals surface area (Å²) in [5.74, 6) is -2.80. The van der Waals surface area contributed by atoms with Gasteiger partial charge in [0.25, 0.3) is 0 Å². The summed E-state index contributed by atoms with van der Waals surface area (Å²) in [4.78, 5) is 0. The highest BCUT2D eigenvalue weighted by atomic mass is 19.2. The average Bonchev–Trinajstić information content (AvgIpc) is 2.53. The molecule has 0 fully saturated rings. The van der Waals surface area contributed by atoms with E-state index in [1.54, 1.807) is 6.92 Å². The molecule has 2 rings (SSSR count). The third kappa shape index (κ3) is 4.65. The minimum atomic E-state index is -1.31. The molecule has 1 unspecified atom stereocenters. The topological polar surface area (TPSA) is 18.5 Å². The number of benzene rings is 2. The smallest absolute Gasteiger partial charge is 0.204 e. The molecule has 0 saturated carbocycles. The van der Waals surface area contributed by atoms with E-state index >= 15 is 0 Å². The Morgan fingerprint density at radius 3 is 2.04 bits per heavy atom. The molecule has 0 amide bonds. The molecular formula is C18H19F3O2. The number of halogens is 3. The number of ether oxygens (including phenoxy) is 2. The molecule has 1 atom stereocenters. The molecule has 0 bridgehead atoms. The van der Waals surface area contributed by atoms with Gasteiger partial charge in [0.2, 0.25) is 11.6 Å². The lowest BCUT2D eigenvalue weighted by molar-refractivity contribution is 0.187. The van der Waals surface area contributed by atoms with E-state index in [1.807, 2.05) is 31.2 Å². The van der Waals surface area contributed by atoms with Gasteiger partial charge in [-0.05, 0) is 31.5 Å². The normalized spacial score (nSPS) is 12.0. The van der Waals surface area contributed by atoms with Gasteiger partial charge < -0.3 is 9.47 Å². The van der Waals surface area contributed by atoms with E-state index < -0.39 is 17.8 Å². The molecule has 0 aliphatic heterocycles. The fourth-order valence-electron chi connectivity index (χ4n) is 2.11. The summed E-state index contributed by atoms with van der Waals surface area (Å²) >= 11 is 0. The molecule has 2 nitrogen and oxygen atoms in total. The van der Waals surface area contributed by atoms with Crippen LogP contribution in [0.15, 0.2) is 36.4 Å². The maximum Gasteiger partial charge on any atom is 0.204 e. The summed E-state index contributed by atoms with van der Waals surface area (Å²) in [5, 5.41) is 0. The third-order valence-corrected chi connectivity index (χ3v) is 3.31. The monoisotopic (exact) mass is 324 g/mol. The second-order valence-electron chi connectivity index (χ2n) is 5.22. The van der Waals surface area contributed by atoms with Gasteiger partial charge in [0, 0.05) is 6.42 Å². The molecule has 23 heavy (non-hydrogen) atoms. The number of alkyl halides is 1. The number of hydrogen-bond donors (Lipinski definition) is 0. The van der Waals surface area contributed by atoms with Gasteiger partial charge in [-0.15, -0.1) is 0 Å². The van der Waals surface area contributed by atoms with Crippen LogP contribution in [0.25, 0.3) is 0 Å². The summed E-state index contributed by atoms with van der Waals surface area (Å²) in [6.45, 7) is 3.49. The van der Waals surface area contributed by atoms with E-state index in [4.69, 9.17) is 9.47 Å². The molecule has 0 spiro atoms. The minimum absolute atomic E-state index is 0.154. The van der Waals surface area contributed by atoms with Gasteiger partial charge in [0.15, 0.2) is 11.5 Å². The van der Waals surface area contributed by atoms with Crippen molar-refractivity contribution in [2.24, 2.45) is 0 Å². The van der Waals surface area contributed by atoms with Crippen molar-refractivity contribution in [2.75, 3.05) is 13.2 Å². The van der Waals surface area contributed by atoms with Crippen LogP contribution in [0.2, 0.25) is 0 Å². The number of aryl methyl sites for hydroxylation is 1. The zero-order chi connectivity index (χ0) is 16.8. The van der Waals surface area contributed by atoms with Gasteiger partial charge in [0.05, 0.1) is 6.61 Å². The van der Waals surface area contributed by atoms with Crippen molar-refractivity contribution in [3.8, 4) is 11.5 Å². The van der Waals surface area contributed by atoms with Crippen LogP contribution in [0.3, 0.4) is 0 Å². The van der Waals surface area contributed by atoms with Crippen LogP contribution in [0.5, 0.6) is 11.5 Å². The van der Waals surface area contributed by atoms with E-state index in [-0.39, 0.29) is 31.1 Å². The van der Waals surface area contributed by atoms with E-state index in [0.29, 0.717) is 0 Å². The Labute approximate surface area is 133 Å². The molecule has 5 heteroatoms. The predicted molar refractivity (Wildman–Crippen MR) is 82.8 cm³/mol. The SMILES string of the molecule is CCOc1ccc(OCC(F)Cc2ccc(C)cc2)c(F)c1F. The maximum absolute atomic E-state index is 13.9. The van der Waals surface area contributed by atoms with Crippen molar-refractivity contribution in [3.05, 3.63) is 59.2 Å². The summed E-state index contributed by atoms with van der Waals surface area (Å²) in [6, 6.07) is 9.96. The minimum Gasteiger partial charge on any atom is -0.491 e. The molecule has 2 aromatic rings. The summed E-state index contributed by atoms with van der Waals surface area (Å²) in [7, 11) is 0. The first-order valence-corrected chi connectivity index (χ1v) is 7.44. The summed E-state index contributed by atoms with van der Waals surface area (Å²) < 4.78 is 51.4. The molecular weight excluding hydrogens is 305 g/mol. The van der Waals surface area contributed by atoms with Crippen LogP contribution >= 0.6 is 0 Å². The maximum atomic E-state index is 13.9. The first-order valence-electron chi connectivity index (χ1n) is 7.44. The highest BCUT2D eigenvalue weighted by Crippen LogP contribution is 2.27. The van der Waals surface area contributed by atoms with Crippen molar-refractivity contribution in [1.29, 1.82) is 0 Å². The summed E-state index contributed by atoms with van der Waals surface area (Å²) in [5.41, 5.74) is 1.91. The largest absolute Gasteiger partial charge is 0.491 e. The second-order valence-corrected chi connectivity index (χ2v) is 5.22. The lowest BCUT2D eigenvalue weighted by Gasteiger charge is -2.13. The fraction of sp³-hybridized carbons (Fsp3) is 0.333. The van der Waals surface area contributed by atoms with Gasteiger partial charge in [0.1, 0.15) is 12.8 Å². The average molecular weight is 324 g/mol. The quantitative estimate of drug-likeness (QED) is 0.739. The number of rotatable bonds is 7. The van der Waals surface area contributed by atoms with Gasteiger partial charge in [-0.2, -0.15) is 8.78 Å². The lowest BCUT2D eigenvalue weighted by atomic mass is 10.1. The molecule has 0 aromatic heterocycles. The van der Waals surface area contributed by atoms with E-state index in [2.05, 4.69) is 0 Å². The van der Waals surface area contributed by atoms with Gasteiger partial charge >= 0.3 is 0 Å². The van der Waals surface area contributed by atoms with Crippen LogP contribution in [0.4, 0.5) is 13.2 Å². The Balaban J connectivity index is 1.94. The molecule has 2 aromatic carbocycles. The molecule has 0 N–H and O–H groups in total. The van der Waals surface area contributed by atoms with Gasteiger partial charge in [-0.3, -0.25) is 0 Å². The number of hydrogen-bond acceptors (Lipinski definition) is 2. The zero-order valence-electron chi connectivity index (χ0n) is 13.1. The highest BCUT2D eigenvalue weighted by molar-refractivity contribution is 5.35. The fourth-order valence-corrected chi connectivity index (χ4v) is 2.11. The molecule has 0 aliphatic rings. The standard InChI is InChI=1S/C18H19F3O2/c1-3-22-15-8-9-16(18(21)17(15)20)23-11-14(19)10-13-6-4-12(2)5-7-13/h4-9,14H,3,10-11H2,1-2H3. The summed E-state index contributed by atoms with van der Waals surface area (Å²) in [6.07, 6.45) is -1.16. The molecule has 0 aliphatic carbocycles. The Bertz CT molecular complexity index is 641. The Morgan fingerprint density at radius 2 is 1.48 bits per heavy atom. The van der Waals surface area contributed by atoms with Crippen LogP contribution in [0, 0.1) is 18.6 Å². The molecule has 124 valence electrons. The van der Waals surface area contributed by atoms with Crippen molar-refractivity contribution in [2.45, 2.75) is 26.4 Å². The molecule has 0 saturated heterocycles. The first kappa shape index (κ1) is 17.2. The van der Waals surface area contributed by atoms with Crippen LogP contribution < -0.4 is 9.47 Å². The van der Waals surface area contributed by atoms with Crippen LogP contribution in [0.1, 0.15) is 18.1 Å².